The Morgan fingerprint density at radius 2 is 1.72 bits per heavy atom. The predicted molar refractivity (Wildman–Crippen MR) is 180 cm³/mol. The molecule has 1 aromatic heterocycles. The number of allylic oxidation sites excluding steroid dienone is 1. The number of nitrogens with two attached hydrogens (primary N) is 1. The molecule has 0 bridgehead atoms. The van der Waals surface area contributed by atoms with Crippen molar-refractivity contribution in [3.63, 3.8) is 0 Å². The highest BCUT2D eigenvalue weighted by molar-refractivity contribution is 7.91. The average Bonchev–Trinajstić information content (AvgIpc) is 3.97. The van der Waals surface area contributed by atoms with E-state index in [1.807, 2.05) is 60.7 Å². The lowest BCUT2D eigenvalue weighted by molar-refractivity contribution is -0.140. The van der Waals surface area contributed by atoms with E-state index in [-0.39, 0.29) is 43.6 Å². The van der Waals surface area contributed by atoms with Crippen LogP contribution >= 0.6 is 12.4 Å². The van der Waals surface area contributed by atoms with Gasteiger partial charge >= 0.3 is 0 Å². The second-order valence-corrected chi connectivity index (χ2v) is 15.0. The molecule has 4 aliphatic rings. The Hall–Kier alpha value is -3.74. The van der Waals surface area contributed by atoms with Crippen molar-refractivity contribution in [2.45, 2.75) is 86.8 Å². The van der Waals surface area contributed by atoms with Gasteiger partial charge in [-0.2, -0.15) is 0 Å². The standard InChI is InChI=1S/C34H39N5O6S.ClH/c35-27-14-5-3-1-2-4-10-21-19-34(21,33(42)38-46(43,44)23-16-17-23)37-30(40)29-18-22(20-39(29)32(27)41)45-31-26-13-7-6-11-24(26)25-12-8-9-15-28(25)36-31;/h4,6-13,15,21-23,27,29H,1-3,5,14,16-20,35H2,(H,37,40)(H,38,42);1H/t21-,22-,27+,29+,34-;/m1./s1. The van der Waals surface area contributed by atoms with Crippen LogP contribution in [0.25, 0.3) is 21.7 Å². The number of nitrogens with zero attached hydrogens (tertiary/aromatic N) is 2. The summed E-state index contributed by atoms with van der Waals surface area (Å²) < 4.78 is 34.1. The van der Waals surface area contributed by atoms with Crippen molar-refractivity contribution in [1.29, 1.82) is 0 Å². The summed E-state index contributed by atoms with van der Waals surface area (Å²) >= 11 is 0. The van der Waals surface area contributed by atoms with Crippen LogP contribution in [-0.4, -0.2) is 71.5 Å². The highest BCUT2D eigenvalue weighted by Gasteiger charge is 2.62. The van der Waals surface area contributed by atoms with Gasteiger partial charge in [0.25, 0.3) is 5.91 Å². The molecule has 47 heavy (non-hydrogen) atoms. The van der Waals surface area contributed by atoms with Crippen molar-refractivity contribution >= 4 is 61.8 Å². The quantitative estimate of drug-likeness (QED) is 0.273. The first kappa shape index (κ1) is 33.2. The molecule has 13 heteroatoms. The van der Waals surface area contributed by atoms with E-state index in [1.165, 1.54) is 4.90 Å². The normalized spacial score (nSPS) is 28.3. The number of benzene rings is 2. The maximum Gasteiger partial charge on any atom is 0.259 e. The van der Waals surface area contributed by atoms with Crippen LogP contribution in [0.1, 0.15) is 57.8 Å². The Kier molecular flexibility index (Phi) is 9.21. The number of carbonyl (C=O) groups excluding carboxylic acids is 3. The van der Waals surface area contributed by atoms with Gasteiger partial charge in [0.1, 0.15) is 17.7 Å². The monoisotopic (exact) mass is 681 g/mol. The van der Waals surface area contributed by atoms with Crippen LogP contribution in [0.15, 0.2) is 60.7 Å². The van der Waals surface area contributed by atoms with Crippen LogP contribution in [0.2, 0.25) is 0 Å². The number of carbonyl (C=O) groups is 3. The number of aromatic nitrogens is 1. The SMILES string of the molecule is Cl.N[C@H]1CCCCCC=C[C@@H]2C[C@@]2(C(=O)NS(=O)(=O)C2CC2)NC(=O)[C@@H]2C[C@@H](Oc3nc4ccccc4c4ccccc34)CN2C1=O. The first-order chi connectivity index (χ1) is 22.2. The molecule has 3 aromatic rings. The van der Waals surface area contributed by atoms with Crippen LogP contribution in [-0.2, 0) is 24.4 Å². The maximum absolute atomic E-state index is 14.1. The van der Waals surface area contributed by atoms with Gasteiger partial charge in [-0.3, -0.25) is 19.1 Å². The van der Waals surface area contributed by atoms with E-state index in [2.05, 4.69) is 10.0 Å². The fourth-order valence-electron chi connectivity index (χ4n) is 6.86. The highest BCUT2D eigenvalue weighted by atomic mass is 35.5. The third-order valence-corrected chi connectivity index (χ3v) is 11.6. The number of hydrogen-bond donors (Lipinski definition) is 3. The number of pyridine rings is 1. The maximum atomic E-state index is 14.1. The molecule has 2 aliphatic carbocycles. The van der Waals surface area contributed by atoms with Crippen LogP contribution in [0.5, 0.6) is 5.88 Å². The van der Waals surface area contributed by atoms with Crippen molar-refractivity contribution in [2.75, 3.05) is 6.54 Å². The molecule has 7 rings (SSSR count). The largest absolute Gasteiger partial charge is 0.472 e. The molecule has 3 amide bonds. The minimum absolute atomic E-state index is 0. The van der Waals surface area contributed by atoms with Crippen molar-refractivity contribution in [2.24, 2.45) is 11.7 Å². The van der Waals surface area contributed by atoms with Crippen LogP contribution in [0, 0.1) is 5.92 Å². The summed E-state index contributed by atoms with van der Waals surface area (Å²) in [5.74, 6) is -1.57. The second kappa shape index (κ2) is 13.0. The van der Waals surface area contributed by atoms with E-state index < -0.39 is 50.8 Å². The van der Waals surface area contributed by atoms with Gasteiger partial charge in [-0.05, 0) is 56.0 Å². The predicted octanol–water partition coefficient (Wildman–Crippen LogP) is 3.49. The number of para-hydroxylation sites is 1. The second-order valence-electron chi connectivity index (χ2n) is 13.1. The first-order valence-electron chi connectivity index (χ1n) is 16.2. The molecule has 0 spiro atoms. The lowest BCUT2D eigenvalue weighted by Crippen LogP contribution is -2.57. The summed E-state index contributed by atoms with van der Waals surface area (Å²) in [5, 5.41) is 5.10. The zero-order valence-electron chi connectivity index (χ0n) is 26.0. The molecule has 4 N–H and O–H groups in total. The Balaban J connectivity index is 0.00000386. The number of rotatable bonds is 5. The fraction of sp³-hybridized carbons (Fsp3) is 0.471. The van der Waals surface area contributed by atoms with Crippen molar-refractivity contribution in [3.05, 3.63) is 60.7 Å². The molecular formula is C34H40ClN5O6S. The van der Waals surface area contributed by atoms with Crippen molar-refractivity contribution in [1.82, 2.24) is 19.9 Å². The number of ether oxygens (including phenoxy) is 1. The molecule has 5 atom stereocenters. The smallest absolute Gasteiger partial charge is 0.259 e. The topological polar surface area (TPSA) is 161 Å². The fourth-order valence-corrected chi connectivity index (χ4v) is 8.23. The molecule has 1 saturated heterocycles. The van der Waals surface area contributed by atoms with Gasteiger partial charge in [0, 0.05) is 23.1 Å². The third kappa shape index (κ3) is 6.55. The minimum atomic E-state index is -3.82. The lowest BCUT2D eigenvalue weighted by Gasteiger charge is -2.28. The van der Waals surface area contributed by atoms with Gasteiger partial charge in [0.05, 0.1) is 23.4 Å². The van der Waals surface area contributed by atoms with Gasteiger partial charge in [-0.15, -0.1) is 12.4 Å². The van der Waals surface area contributed by atoms with E-state index in [9.17, 15) is 22.8 Å². The summed E-state index contributed by atoms with van der Waals surface area (Å²) in [6.45, 7) is 0.117. The molecule has 3 heterocycles. The van der Waals surface area contributed by atoms with Crippen LogP contribution in [0.4, 0.5) is 0 Å². The first-order valence-corrected chi connectivity index (χ1v) is 17.8. The van der Waals surface area contributed by atoms with Crippen LogP contribution < -0.4 is 20.5 Å². The molecule has 3 fully saturated rings. The zero-order valence-corrected chi connectivity index (χ0v) is 27.6. The third-order valence-electron chi connectivity index (χ3n) is 9.74. The molecule has 250 valence electrons. The number of amides is 3. The van der Waals surface area contributed by atoms with Crippen LogP contribution in [0.3, 0.4) is 0 Å². The molecule has 0 unspecified atom stereocenters. The molecular weight excluding hydrogens is 642 g/mol. The van der Waals surface area contributed by atoms with E-state index >= 15 is 0 Å². The minimum Gasteiger partial charge on any atom is -0.472 e. The molecule has 2 aliphatic heterocycles. The van der Waals surface area contributed by atoms with Gasteiger partial charge in [0.15, 0.2) is 0 Å². The Morgan fingerprint density at radius 1 is 1.00 bits per heavy atom. The van der Waals surface area contributed by atoms with E-state index in [4.69, 9.17) is 15.5 Å². The molecule has 0 radical (unpaired) electrons. The van der Waals surface area contributed by atoms with Gasteiger partial charge < -0.3 is 20.7 Å². The van der Waals surface area contributed by atoms with Crippen molar-refractivity contribution < 1.29 is 27.5 Å². The number of nitrogens with one attached hydrogen (secondary N) is 2. The number of fused-ring (bicyclic) bond motifs is 5. The summed E-state index contributed by atoms with van der Waals surface area (Å²) in [4.78, 5) is 47.6. The number of sulfonamides is 1. The average molecular weight is 682 g/mol. The lowest BCUT2D eigenvalue weighted by atomic mass is 10.1. The Labute approximate surface area is 280 Å². The highest BCUT2D eigenvalue weighted by Crippen LogP contribution is 2.46. The number of halogens is 1. The molecule has 2 saturated carbocycles. The summed E-state index contributed by atoms with van der Waals surface area (Å²) in [7, 11) is -3.82. The molecule has 11 nitrogen and oxygen atoms in total. The van der Waals surface area contributed by atoms with Crippen molar-refractivity contribution in [3.8, 4) is 5.88 Å². The Morgan fingerprint density at radius 3 is 2.49 bits per heavy atom. The summed E-state index contributed by atoms with van der Waals surface area (Å²) in [6.07, 6.45) is 8.56. The van der Waals surface area contributed by atoms with Gasteiger partial charge in [-0.25, -0.2) is 13.4 Å². The van der Waals surface area contributed by atoms with E-state index in [0.29, 0.717) is 25.1 Å². The molecule has 2 aromatic carbocycles. The number of hydrogen-bond acceptors (Lipinski definition) is 8. The summed E-state index contributed by atoms with van der Waals surface area (Å²) in [5.41, 5.74) is 5.74. The Bertz CT molecular complexity index is 1850. The van der Waals surface area contributed by atoms with E-state index in [1.54, 1.807) is 0 Å². The summed E-state index contributed by atoms with van der Waals surface area (Å²) in [6, 6.07) is 13.9. The van der Waals surface area contributed by atoms with E-state index in [0.717, 1.165) is 47.4 Å². The van der Waals surface area contributed by atoms with Gasteiger partial charge in [0.2, 0.25) is 27.7 Å². The van der Waals surface area contributed by atoms with Gasteiger partial charge in [-0.1, -0.05) is 61.4 Å². The zero-order chi connectivity index (χ0) is 32.1.